The van der Waals surface area contributed by atoms with Gasteiger partial charge in [0.1, 0.15) is 12.6 Å². The first-order valence-corrected chi connectivity index (χ1v) is 10.9. The second-order valence-electron chi connectivity index (χ2n) is 7.87. The van der Waals surface area contributed by atoms with Crippen LogP contribution in [-0.2, 0) is 20.9 Å². The summed E-state index contributed by atoms with van der Waals surface area (Å²) in [5.41, 5.74) is 3.39. The average molecular weight is 443 g/mol. The molecule has 33 heavy (non-hydrogen) atoms. The third-order valence-corrected chi connectivity index (χ3v) is 5.62. The van der Waals surface area contributed by atoms with Gasteiger partial charge in [0.15, 0.2) is 12.4 Å². The summed E-state index contributed by atoms with van der Waals surface area (Å²) in [6.45, 7) is 0.185. The molecule has 0 N–H and O–H groups in total. The van der Waals surface area contributed by atoms with E-state index in [9.17, 15) is 14.4 Å². The van der Waals surface area contributed by atoms with Crippen LogP contribution in [0.3, 0.4) is 0 Å². The summed E-state index contributed by atoms with van der Waals surface area (Å²) in [6, 6.07) is 25.6. The lowest BCUT2D eigenvalue weighted by Crippen LogP contribution is -2.42. The van der Waals surface area contributed by atoms with Crippen LogP contribution < -0.4 is 0 Å². The highest BCUT2D eigenvalue weighted by atomic mass is 16.6. The third kappa shape index (κ3) is 5.66. The first kappa shape index (κ1) is 22.3. The Bertz CT molecular complexity index is 1100. The number of ether oxygens (including phenoxy) is 2. The summed E-state index contributed by atoms with van der Waals surface area (Å²) >= 11 is 0. The molecule has 1 saturated heterocycles. The number of Topliss-reactive ketones (excluding diaryl/α,β-unsaturated/α-hetero) is 1. The van der Waals surface area contributed by atoms with Crippen LogP contribution in [0.5, 0.6) is 0 Å². The Morgan fingerprint density at radius 3 is 2.12 bits per heavy atom. The summed E-state index contributed by atoms with van der Waals surface area (Å²) in [5.74, 6) is -0.877. The van der Waals surface area contributed by atoms with E-state index in [1.54, 1.807) is 12.1 Å². The first-order valence-electron chi connectivity index (χ1n) is 10.9. The summed E-state index contributed by atoms with van der Waals surface area (Å²) in [4.78, 5) is 38.9. The highest BCUT2D eigenvalue weighted by molar-refractivity contribution is 5.98. The van der Waals surface area contributed by atoms with Crippen molar-refractivity contribution in [2.45, 2.75) is 25.5 Å². The lowest BCUT2D eigenvalue weighted by atomic mass is 10.0. The van der Waals surface area contributed by atoms with Gasteiger partial charge in [-0.2, -0.15) is 0 Å². The van der Waals surface area contributed by atoms with Gasteiger partial charge in [0.2, 0.25) is 0 Å². The zero-order valence-corrected chi connectivity index (χ0v) is 18.2. The summed E-state index contributed by atoms with van der Waals surface area (Å²) < 4.78 is 10.6. The lowest BCUT2D eigenvalue weighted by molar-refractivity contribution is -0.147. The molecule has 0 aromatic heterocycles. The standard InChI is InChI=1S/C27H25NO5/c29-25(23-15-13-22(14-16-23)21-10-5-2-6-11-21)19-32-26(30)24-12-7-17-28(24)27(31)33-18-20-8-3-1-4-9-20/h1-6,8-11,13-16,24H,7,12,17-19H2/t24-/m0/s1. The molecule has 1 aliphatic rings. The van der Waals surface area contributed by atoms with Crippen molar-refractivity contribution in [3.8, 4) is 11.1 Å². The number of likely N-dealkylation sites (tertiary alicyclic amines) is 1. The minimum absolute atomic E-state index is 0.134. The molecule has 1 fully saturated rings. The van der Waals surface area contributed by atoms with E-state index in [0.717, 1.165) is 16.7 Å². The molecule has 0 spiro atoms. The second-order valence-corrected chi connectivity index (χ2v) is 7.87. The van der Waals surface area contributed by atoms with Gasteiger partial charge in [-0.1, -0.05) is 84.9 Å². The zero-order valence-electron chi connectivity index (χ0n) is 18.2. The van der Waals surface area contributed by atoms with Gasteiger partial charge in [0, 0.05) is 12.1 Å². The van der Waals surface area contributed by atoms with E-state index < -0.39 is 18.1 Å². The van der Waals surface area contributed by atoms with Crippen LogP contribution in [0, 0.1) is 0 Å². The van der Waals surface area contributed by atoms with Crippen molar-refractivity contribution in [1.29, 1.82) is 0 Å². The molecule has 0 saturated carbocycles. The Labute approximate surface area is 192 Å². The Morgan fingerprint density at radius 1 is 0.788 bits per heavy atom. The topological polar surface area (TPSA) is 72.9 Å². The molecule has 4 rings (SSSR count). The molecular weight excluding hydrogens is 418 g/mol. The molecule has 3 aromatic carbocycles. The minimum atomic E-state index is -0.735. The Kier molecular flexibility index (Phi) is 7.15. The van der Waals surface area contributed by atoms with Crippen LogP contribution in [0.25, 0.3) is 11.1 Å². The number of carbonyl (C=O) groups is 3. The van der Waals surface area contributed by atoms with E-state index in [0.29, 0.717) is 24.9 Å². The minimum Gasteiger partial charge on any atom is -0.456 e. The van der Waals surface area contributed by atoms with Gasteiger partial charge in [-0.3, -0.25) is 9.69 Å². The van der Waals surface area contributed by atoms with Crippen molar-refractivity contribution >= 4 is 17.8 Å². The molecule has 0 unspecified atom stereocenters. The molecular formula is C27H25NO5. The number of esters is 1. The largest absolute Gasteiger partial charge is 0.456 e. The van der Waals surface area contributed by atoms with Gasteiger partial charge in [-0.25, -0.2) is 9.59 Å². The van der Waals surface area contributed by atoms with Crippen LogP contribution in [0.2, 0.25) is 0 Å². The summed E-state index contributed by atoms with van der Waals surface area (Å²) in [7, 11) is 0. The van der Waals surface area contributed by atoms with Crippen molar-refractivity contribution in [2.75, 3.05) is 13.2 Å². The maximum Gasteiger partial charge on any atom is 0.410 e. The fourth-order valence-corrected chi connectivity index (χ4v) is 3.83. The number of ketones is 1. The van der Waals surface area contributed by atoms with E-state index >= 15 is 0 Å². The quantitative estimate of drug-likeness (QED) is 0.384. The van der Waals surface area contributed by atoms with E-state index in [4.69, 9.17) is 9.47 Å². The Morgan fingerprint density at radius 2 is 1.42 bits per heavy atom. The number of carbonyl (C=O) groups excluding carboxylic acids is 3. The highest BCUT2D eigenvalue weighted by Crippen LogP contribution is 2.21. The molecule has 1 amide bonds. The van der Waals surface area contributed by atoms with Crippen molar-refractivity contribution in [1.82, 2.24) is 4.90 Å². The maximum atomic E-state index is 12.6. The van der Waals surface area contributed by atoms with Crippen LogP contribution in [-0.4, -0.2) is 41.9 Å². The molecule has 6 nitrogen and oxygen atoms in total. The molecule has 0 aliphatic carbocycles. The molecule has 3 aromatic rings. The Hall–Kier alpha value is -3.93. The SMILES string of the molecule is O=C(COC(=O)[C@@H]1CCCN1C(=O)OCc1ccccc1)c1ccc(-c2ccccc2)cc1. The molecule has 1 aliphatic heterocycles. The van der Waals surface area contributed by atoms with Gasteiger partial charge in [0.25, 0.3) is 0 Å². The molecule has 0 bridgehead atoms. The smallest absolute Gasteiger partial charge is 0.410 e. The molecule has 6 heteroatoms. The van der Waals surface area contributed by atoms with Crippen LogP contribution >= 0.6 is 0 Å². The number of rotatable bonds is 7. The van der Waals surface area contributed by atoms with Crippen LogP contribution in [0.1, 0.15) is 28.8 Å². The van der Waals surface area contributed by atoms with E-state index in [2.05, 4.69) is 0 Å². The number of hydrogen-bond acceptors (Lipinski definition) is 5. The molecule has 1 heterocycles. The van der Waals surface area contributed by atoms with Crippen molar-refractivity contribution < 1.29 is 23.9 Å². The molecule has 1 atom stereocenters. The maximum absolute atomic E-state index is 12.6. The van der Waals surface area contributed by atoms with Crippen molar-refractivity contribution in [2.24, 2.45) is 0 Å². The van der Waals surface area contributed by atoms with Crippen LogP contribution in [0.4, 0.5) is 4.79 Å². The number of hydrogen-bond donors (Lipinski definition) is 0. The second kappa shape index (κ2) is 10.6. The van der Waals surface area contributed by atoms with Crippen molar-refractivity contribution in [3.05, 3.63) is 96.1 Å². The fourth-order valence-electron chi connectivity index (χ4n) is 3.83. The van der Waals surface area contributed by atoms with E-state index in [-0.39, 0.29) is 19.0 Å². The van der Waals surface area contributed by atoms with Crippen molar-refractivity contribution in [3.63, 3.8) is 0 Å². The van der Waals surface area contributed by atoms with Crippen LogP contribution in [0.15, 0.2) is 84.9 Å². The highest BCUT2D eigenvalue weighted by Gasteiger charge is 2.36. The van der Waals surface area contributed by atoms with E-state index in [1.165, 1.54) is 4.90 Å². The zero-order chi connectivity index (χ0) is 23.0. The molecule has 0 radical (unpaired) electrons. The number of nitrogens with zero attached hydrogens (tertiary/aromatic N) is 1. The molecule has 168 valence electrons. The number of benzene rings is 3. The van der Waals surface area contributed by atoms with Gasteiger partial charge in [-0.05, 0) is 29.5 Å². The monoisotopic (exact) mass is 443 g/mol. The fraction of sp³-hybridized carbons (Fsp3) is 0.222. The lowest BCUT2D eigenvalue weighted by Gasteiger charge is -2.22. The van der Waals surface area contributed by atoms with Gasteiger partial charge in [-0.15, -0.1) is 0 Å². The van der Waals surface area contributed by atoms with Gasteiger partial charge >= 0.3 is 12.1 Å². The van der Waals surface area contributed by atoms with Gasteiger partial charge in [0.05, 0.1) is 0 Å². The predicted molar refractivity (Wildman–Crippen MR) is 124 cm³/mol. The summed E-state index contributed by atoms with van der Waals surface area (Å²) in [6.07, 6.45) is 0.607. The summed E-state index contributed by atoms with van der Waals surface area (Å²) in [5, 5.41) is 0. The Balaban J connectivity index is 1.29. The number of amides is 1. The van der Waals surface area contributed by atoms with E-state index in [1.807, 2.05) is 72.8 Å². The average Bonchev–Trinajstić information content (AvgIpc) is 3.37. The first-order chi connectivity index (χ1) is 16.1. The van der Waals surface area contributed by atoms with Gasteiger partial charge < -0.3 is 9.47 Å². The predicted octanol–water partition coefficient (Wildman–Crippen LogP) is 4.88. The normalized spacial score (nSPS) is 15.2. The third-order valence-electron chi connectivity index (χ3n) is 5.62.